The summed E-state index contributed by atoms with van der Waals surface area (Å²) < 4.78 is 28.9. The van der Waals surface area contributed by atoms with E-state index >= 15 is 0 Å². The van der Waals surface area contributed by atoms with Crippen LogP contribution in [0.5, 0.6) is 0 Å². The summed E-state index contributed by atoms with van der Waals surface area (Å²) in [5.41, 5.74) is 4.89. The molecule has 3 nitrogen and oxygen atoms in total. The molecule has 5 heteroatoms. The monoisotopic (exact) mass is 196 g/mol. The third-order valence-electron chi connectivity index (χ3n) is 2.34. The van der Waals surface area contributed by atoms with Gasteiger partial charge in [0, 0.05) is 13.7 Å². The Labute approximate surface area is 77.6 Å². The van der Waals surface area contributed by atoms with Crippen LogP contribution >= 0.6 is 0 Å². The van der Waals surface area contributed by atoms with Gasteiger partial charge in [0.2, 0.25) is 0 Å². The average Bonchev–Trinajstić information content (AvgIpc) is 2.12. The second kappa shape index (κ2) is 5.47. The number of hydrogen-bond donors (Lipinski definition) is 2. The highest BCUT2D eigenvalue weighted by Crippen LogP contribution is 2.11. The number of ether oxygens (including phenoxy) is 1. The smallest absolute Gasteiger partial charge is 0.250 e. The number of methoxy groups -OCH3 is 1. The van der Waals surface area contributed by atoms with Crippen molar-refractivity contribution in [2.45, 2.75) is 31.9 Å². The van der Waals surface area contributed by atoms with Gasteiger partial charge in [-0.3, -0.25) is 0 Å². The van der Waals surface area contributed by atoms with Gasteiger partial charge < -0.3 is 15.8 Å². The standard InChI is InChI=1S/C8H18F2N2O/c1-6(13-3)8(2,5-11)12-4-7(9)10/h6-7,12H,4-5,11H2,1-3H3. The fourth-order valence-corrected chi connectivity index (χ4v) is 0.952. The first-order valence-electron chi connectivity index (χ1n) is 4.22. The summed E-state index contributed by atoms with van der Waals surface area (Å²) in [7, 11) is 1.53. The predicted octanol–water partition coefficient (Wildman–Crippen LogP) is 0.593. The van der Waals surface area contributed by atoms with Gasteiger partial charge in [-0.2, -0.15) is 0 Å². The van der Waals surface area contributed by atoms with Crippen molar-refractivity contribution in [3.05, 3.63) is 0 Å². The molecule has 0 radical (unpaired) electrons. The average molecular weight is 196 g/mol. The number of nitrogens with one attached hydrogen (secondary N) is 1. The zero-order valence-corrected chi connectivity index (χ0v) is 8.31. The van der Waals surface area contributed by atoms with E-state index in [9.17, 15) is 8.78 Å². The summed E-state index contributed by atoms with van der Waals surface area (Å²) in [5, 5.41) is 2.70. The van der Waals surface area contributed by atoms with Crippen LogP contribution < -0.4 is 11.1 Å². The lowest BCUT2D eigenvalue weighted by atomic mass is 9.96. The van der Waals surface area contributed by atoms with Gasteiger partial charge in [0.05, 0.1) is 18.2 Å². The normalized spacial score (nSPS) is 18.7. The van der Waals surface area contributed by atoms with E-state index in [4.69, 9.17) is 10.5 Å². The molecule has 2 unspecified atom stereocenters. The summed E-state index contributed by atoms with van der Waals surface area (Å²) in [5.74, 6) is 0. The minimum atomic E-state index is -2.37. The lowest BCUT2D eigenvalue weighted by Crippen LogP contribution is -2.57. The Bertz CT molecular complexity index is 146. The van der Waals surface area contributed by atoms with Crippen LogP contribution in [0.1, 0.15) is 13.8 Å². The second-order valence-electron chi connectivity index (χ2n) is 3.27. The van der Waals surface area contributed by atoms with Gasteiger partial charge in [0.1, 0.15) is 0 Å². The van der Waals surface area contributed by atoms with Gasteiger partial charge >= 0.3 is 0 Å². The van der Waals surface area contributed by atoms with Gasteiger partial charge in [-0.05, 0) is 13.8 Å². The molecule has 0 amide bonds. The van der Waals surface area contributed by atoms with E-state index in [2.05, 4.69) is 5.32 Å². The summed E-state index contributed by atoms with van der Waals surface area (Å²) in [6, 6.07) is 0. The molecule has 0 aromatic heterocycles. The Morgan fingerprint density at radius 1 is 1.54 bits per heavy atom. The Hall–Kier alpha value is -0.260. The fraction of sp³-hybridized carbons (Fsp3) is 1.00. The molecule has 0 fully saturated rings. The van der Waals surface area contributed by atoms with E-state index in [1.54, 1.807) is 13.8 Å². The maximum absolute atomic E-state index is 11.9. The van der Waals surface area contributed by atoms with Crippen molar-refractivity contribution in [1.29, 1.82) is 0 Å². The van der Waals surface area contributed by atoms with Gasteiger partial charge in [-0.25, -0.2) is 8.78 Å². The molecule has 0 saturated heterocycles. The van der Waals surface area contributed by atoms with Crippen molar-refractivity contribution in [2.24, 2.45) is 5.73 Å². The van der Waals surface area contributed by atoms with Gasteiger partial charge in [-0.15, -0.1) is 0 Å². The molecular formula is C8H18F2N2O. The highest BCUT2D eigenvalue weighted by molar-refractivity contribution is 4.90. The van der Waals surface area contributed by atoms with Gasteiger partial charge in [-0.1, -0.05) is 0 Å². The van der Waals surface area contributed by atoms with Crippen LogP contribution in [-0.4, -0.2) is 38.3 Å². The topological polar surface area (TPSA) is 47.3 Å². The van der Waals surface area contributed by atoms with Crippen molar-refractivity contribution in [3.63, 3.8) is 0 Å². The summed E-state index contributed by atoms with van der Waals surface area (Å²) in [6.07, 6.45) is -2.56. The summed E-state index contributed by atoms with van der Waals surface area (Å²) in [6.45, 7) is 3.46. The fourth-order valence-electron chi connectivity index (χ4n) is 0.952. The molecule has 80 valence electrons. The van der Waals surface area contributed by atoms with Crippen LogP contribution in [0.25, 0.3) is 0 Å². The molecular weight excluding hydrogens is 178 g/mol. The van der Waals surface area contributed by atoms with Crippen molar-refractivity contribution in [2.75, 3.05) is 20.2 Å². The van der Waals surface area contributed by atoms with Crippen molar-refractivity contribution >= 4 is 0 Å². The number of halogens is 2. The Kier molecular flexibility index (Phi) is 5.36. The molecule has 0 aromatic carbocycles. The quantitative estimate of drug-likeness (QED) is 0.653. The van der Waals surface area contributed by atoms with Crippen LogP contribution in [0.3, 0.4) is 0 Å². The van der Waals surface area contributed by atoms with Crippen LogP contribution in [0.2, 0.25) is 0 Å². The summed E-state index contributed by atoms with van der Waals surface area (Å²) in [4.78, 5) is 0. The lowest BCUT2D eigenvalue weighted by Gasteiger charge is -2.34. The SMILES string of the molecule is COC(C)C(C)(CN)NCC(F)F. The van der Waals surface area contributed by atoms with Crippen molar-refractivity contribution < 1.29 is 13.5 Å². The molecule has 0 heterocycles. The van der Waals surface area contributed by atoms with E-state index in [1.807, 2.05) is 0 Å². The van der Waals surface area contributed by atoms with Gasteiger partial charge in [0.15, 0.2) is 0 Å². The number of rotatable bonds is 6. The Morgan fingerprint density at radius 3 is 2.38 bits per heavy atom. The Balaban J connectivity index is 4.11. The van der Waals surface area contributed by atoms with Crippen LogP contribution in [0.4, 0.5) is 8.78 Å². The zero-order chi connectivity index (χ0) is 10.5. The number of alkyl halides is 2. The predicted molar refractivity (Wildman–Crippen MR) is 47.9 cm³/mol. The molecule has 0 aliphatic heterocycles. The third-order valence-corrected chi connectivity index (χ3v) is 2.34. The first-order valence-corrected chi connectivity index (χ1v) is 4.22. The van der Waals surface area contributed by atoms with E-state index < -0.39 is 12.0 Å². The first kappa shape index (κ1) is 12.7. The molecule has 13 heavy (non-hydrogen) atoms. The maximum Gasteiger partial charge on any atom is 0.250 e. The summed E-state index contributed by atoms with van der Waals surface area (Å²) >= 11 is 0. The Morgan fingerprint density at radius 2 is 2.08 bits per heavy atom. The molecule has 0 aliphatic carbocycles. The van der Waals surface area contributed by atoms with E-state index in [0.29, 0.717) is 0 Å². The maximum atomic E-state index is 11.9. The first-order chi connectivity index (χ1) is 5.96. The van der Waals surface area contributed by atoms with Crippen LogP contribution in [0.15, 0.2) is 0 Å². The zero-order valence-electron chi connectivity index (χ0n) is 8.31. The molecule has 2 atom stereocenters. The molecule has 0 rings (SSSR count). The second-order valence-corrected chi connectivity index (χ2v) is 3.27. The largest absolute Gasteiger partial charge is 0.380 e. The highest BCUT2D eigenvalue weighted by Gasteiger charge is 2.29. The number of nitrogens with two attached hydrogens (primary N) is 1. The highest BCUT2D eigenvalue weighted by atomic mass is 19.3. The molecule has 0 saturated carbocycles. The molecule has 0 aliphatic rings. The lowest BCUT2D eigenvalue weighted by molar-refractivity contribution is 0.0312. The van der Waals surface area contributed by atoms with E-state index in [-0.39, 0.29) is 19.2 Å². The van der Waals surface area contributed by atoms with Crippen molar-refractivity contribution in [1.82, 2.24) is 5.32 Å². The molecule has 0 bridgehead atoms. The van der Waals surface area contributed by atoms with Gasteiger partial charge in [0.25, 0.3) is 6.43 Å². The van der Waals surface area contributed by atoms with Crippen LogP contribution in [-0.2, 0) is 4.74 Å². The third kappa shape index (κ3) is 3.97. The van der Waals surface area contributed by atoms with E-state index in [1.165, 1.54) is 7.11 Å². The van der Waals surface area contributed by atoms with E-state index in [0.717, 1.165) is 0 Å². The minimum absolute atomic E-state index is 0.198. The molecule has 0 spiro atoms. The number of hydrogen-bond acceptors (Lipinski definition) is 3. The molecule has 3 N–H and O–H groups in total. The minimum Gasteiger partial charge on any atom is -0.380 e. The van der Waals surface area contributed by atoms with Crippen LogP contribution in [0, 0.1) is 0 Å². The molecule has 0 aromatic rings. The van der Waals surface area contributed by atoms with Crippen molar-refractivity contribution in [3.8, 4) is 0 Å².